The zero-order valence-electron chi connectivity index (χ0n) is 12.9. The van der Waals surface area contributed by atoms with Gasteiger partial charge in [0.2, 0.25) is 5.91 Å². The smallest absolute Gasteiger partial charge is 0.232 e. The Morgan fingerprint density at radius 2 is 2.00 bits per heavy atom. The number of carbonyl (C=O) groups is 1. The molecule has 0 saturated heterocycles. The fraction of sp³-hybridized carbons (Fsp3) is 0.588. The zero-order valence-corrected chi connectivity index (χ0v) is 12.9. The summed E-state index contributed by atoms with van der Waals surface area (Å²) in [4.78, 5) is 14.8. The quantitative estimate of drug-likeness (QED) is 0.848. The Kier molecular flexibility index (Phi) is 4.36. The van der Waals surface area contributed by atoms with Gasteiger partial charge in [-0.15, -0.1) is 0 Å². The number of nitrogens with two attached hydrogens (primary N) is 1. The normalized spacial score (nSPS) is 17.4. The summed E-state index contributed by atoms with van der Waals surface area (Å²) in [7, 11) is 1.87. The maximum atomic E-state index is 13.0. The molecule has 3 heteroatoms. The van der Waals surface area contributed by atoms with Crippen molar-refractivity contribution < 1.29 is 4.79 Å². The molecule has 0 bridgehead atoms. The van der Waals surface area contributed by atoms with E-state index in [2.05, 4.69) is 13.8 Å². The molecule has 2 rings (SSSR count). The molecule has 1 aliphatic carbocycles. The molecule has 3 nitrogen and oxygen atoms in total. The third-order valence-corrected chi connectivity index (χ3v) is 4.38. The standard InChI is InChI=1S/C17H26N2O/c1-13(2)12-17(9-4-5-10-17)16(20)19(3)15-8-6-7-14(18)11-15/h6-8,11,13H,4-5,9-10,12,18H2,1-3H3. The van der Waals surface area contributed by atoms with Gasteiger partial charge in [0.25, 0.3) is 0 Å². The number of amides is 1. The minimum atomic E-state index is -0.159. The zero-order chi connectivity index (χ0) is 14.8. The lowest BCUT2D eigenvalue weighted by atomic mass is 9.77. The lowest BCUT2D eigenvalue weighted by Crippen LogP contribution is -2.41. The lowest BCUT2D eigenvalue weighted by Gasteiger charge is -2.34. The van der Waals surface area contributed by atoms with E-state index in [0.29, 0.717) is 11.6 Å². The first-order chi connectivity index (χ1) is 9.44. The van der Waals surface area contributed by atoms with E-state index in [-0.39, 0.29) is 11.3 Å². The number of rotatable bonds is 4. The van der Waals surface area contributed by atoms with Crippen LogP contribution in [-0.2, 0) is 4.79 Å². The van der Waals surface area contributed by atoms with Crippen LogP contribution in [0.2, 0.25) is 0 Å². The average molecular weight is 274 g/mol. The third kappa shape index (κ3) is 2.97. The highest BCUT2D eigenvalue weighted by Crippen LogP contribution is 2.45. The summed E-state index contributed by atoms with van der Waals surface area (Å²) in [5.74, 6) is 0.806. The molecule has 110 valence electrons. The van der Waals surface area contributed by atoms with Crippen LogP contribution in [0.15, 0.2) is 24.3 Å². The van der Waals surface area contributed by atoms with Crippen LogP contribution in [0.1, 0.15) is 46.0 Å². The van der Waals surface area contributed by atoms with Crippen molar-refractivity contribution in [3.8, 4) is 0 Å². The average Bonchev–Trinajstić information content (AvgIpc) is 2.86. The molecule has 0 spiro atoms. The Hall–Kier alpha value is -1.51. The second kappa shape index (κ2) is 5.86. The van der Waals surface area contributed by atoms with Gasteiger partial charge in [-0.1, -0.05) is 32.8 Å². The molecule has 0 atom stereocenters. The predicted octanol–water partition coefficient (Wildman–Crippen LogP) is 3.84. The Balaban J connectivity index is 2.23. The van der Waals surface area contributed by atoms with Crippen LogP contribution >= 0.6 is 0 Å². The first-order valence-electron chi connectivity index (χ1n) is 7.58. The van der Waals surface area contributed by atoms with Crippen molar-refractivity contribution in [2.75, 3.05) is 17.7 Å². The fourth-order valence-electron chi connectivity index (χ4n) is 3.54. The van der Waals surface area contributed by atoms with Crippen LogP contribution in [0, 0.1) is 11.3 Å². The highest BCUT2D eigenvalue weighted by atomic mass is 16.2. The number of carbonyl (C=O) groups excluding carboxylic acids is 1. The molecule has 20 heavy (non-hydrogen) atoms. The van der Waals surface area contributed by atoms with Gasteiger partial charge in [0, 0.05) is 23.8 Å². The summed E-state index contributed by atoms with van der Waals surface area (Å²) >= 11 is 0. The predicted molar refractivity (Wildman–Crippen MR) is 84.6 cm³/mol. The molecule has 0 unspecified atom stereocenters. The van der Waals surface area contributed by atoms with Gasteiger partial charge in [0.05, 0.1) is 0 Å². The summed E-state index contributed by atoms with van der Waals surface area (Å²) in [5, 5.41) is 0. The first kappa shape index (κ1) is 14.9. The summed E-state index contributed by atoms with van der Waals surface area (Å²) in [6.07, 6.45) is 5.37. The van der Waals surface area contributed by atoms with E-state index >= 15 is 0 Å². The summed E-state index contributed by atoms with van der Waals surface area (Å²) < 4.78 is 0. The number of benzene rings is 1. The van der Waals surface area contributed by atoms with E-state index in [1.165, 1.54) is 12.8 Å². The number of hydrogen-bond acceptors (Lipinski definition) is 2. The number of hydrogen-bond donors (Lipinski definition) is 1. The number of nitrogens with zero attached hydrogens (tertiary/aromatic N) is 1. The second-order valence-corrected chi connectivity index (χ2v) is 6.54. The van der Waals surface area contributed by atoms with Crippen LogP contribution in [0.5, 0.6) is 0 Å². The molecule has 0 aromatic heterocycles. The van der Waals surface area contributed by atoms with Crippen molar-refractivity contribution in [3.05, 3.63) is 24.3 Å². The SMILES string of the molecule is CC(C)CC1(C(=O)N(C)c2cccc(N)c2)CCCC1. The summed E-state index contributed by atoms with van der Waals surface area (Å²) in [6, 6.07) is 7.57. The molecule has 1 aromatic rings. The van der Waals surface area contributed by atoms with Crippen LogP contribution < -0.4 is 10.6 Å². The molecule has 2 N–H and O–H groups in total. The minimum Gasteiger partial charge on any atom is -0.399 e. The largest absolute Gasteiger partial charge is 0.399 e. The van der Waals surface area contributed by atoms with Gasteiger partial charge in [0.15, 0.2) is 0 Å². The number of nitrogen functional groups attached to an aromatic ring is 1. The highest BCUT2D eigenvalue weighted by Gasteiger charge is 2.43. The molecular weight excluding hydrogens is 248 g/mol. The second-order valence-electron chi connectivity index (χ2n) is 6.54. The van der Waals surface area contributed by atoms with Crippen molar-refractivity contribution in [2.45, 2.75) is 46.0 Å². The molecule has 1 fully saturated rings. The maximum Gasteiger partial charge on any atom is 0.232 e. The molecule has 0 aliphatic heterocycles. The Morgan fingerprint density at radius 3 is 2.55 bits per heavy atom. The van der Waals surface area contributed by atoms with Gasteiger partial charge in [-0.05, 0) is 43.4 Å². The van der Waals surface area contributed by atoms with Crippen molar-refractivity contribution in [2.24, 2.45) is 11.3 Å². The molecule has 1 aromatic carbocycles. The minimum absolute atomic E-state index is 0.159. The summed E-state index contributed by atoms with van der Waals surface area (Å²) in [6.45, 7) is 4.40. The topological polar surface area (TPSA) is 46.3 Å². The van der Waals surface area contributed by atoms with E-state index in [9.17, 15) is 4.79 Å². The Labute approximate surface area is 122 Å². The highest BCUT2D eigenvalue weighted by molar-refractivity contribution is 5.97. The van der Waals surface area contributed by atoms with Crippen LogP contribution in [0.3, 0.4) is 0 Å². The lowest BCUT2D eigenvalue weighted by molar-refractivity contribution is -0.128. The molecule has 1 aliphatic rings. The number of anilines is 2. The molecule has 1 saturated carbocycles. The van der Waals surface area contributed by atoms with Crippen molar-refractivity contribution in [1.82, 2.24) is 0 Å². The van der Waals surface area contributed by atoms with Crippen molar-refractivity contribution in [3.63, 3.8) is 0 Å². The van der Waals surface area contributed by atoms with Gasteiger partial charge in [0.1, 0.15) is 0 Å². The van der Waals surface area contributed by atoms with Gasteiger partial charge in [-0.25, -0.2) is 0 Å². The van der Waals surface area contributed by atoms with Crippen LogP contribution in [-0.4, -0.2) is 13.0 Å². The summed E-state index contributed by atoms with van der Waals surface area (Å²) in [5.41, 5.74) is 7.26. The fourth-order valence-corrected chi connectivity index (χ4v) is 3.54. The van der Waals surface area contributed by atoms with E-state index in [4.69, 9.17) is 5.73 Å². The van der Waals surface area contributed by atoms with E-state index in [1.54, 1.807) is 4.90 Å². The first-order valence-corrected chi connectivity index (χ1v) is 7.58. The molecular formula is C17H26N2O. The maximum absolute atomic E-state index is 13.0. The van der Waals surface area contributed by atoms with Crippen LogP contribution in [0.25, 0.3) is 0 Å². The Morgan fingerprint density at radius 1 is 1.35 bits per heavy atom. The van der Waals surface area contributed by atoms with Gasteiger partial charge < -0.3 is 10.6 Å². The van der Waals surface area contributed by atoms with Gasteiger partial charge >= 0.3 is 0 Å². The third-order valence-electron chi connectivity index (χ3n) is 4.38. The van der Waals surface area contributed by atoms with Crippen LogP contribution in [0.4, 0.5) is 11.4 Å². The van der Waals surface area contributed by atoms with Gasteiger partial charge in [-0.2, -0.15) is 0 Å². The van der Waals surface area contributed by atoms with Crippen molar-refractivity contribution >= 4 is 17.3 Å². The molecule has 0 heterocycles. The monoisotopic (exact) mass is 274 g/mol. The van der Waals surface area contributed by atoms with E-state index < -0.39 is 0 Å². The van der Waals surface area contributed by atoms with E-state index in [0.717, 1.165) is 24.9 Å². The van der Waals surface area contributed by atoms with Gasteiger partial charge in [-0.3, -0.25) is 4.79 Å². The Bertz CT molecular complexity index is 476. The molecule has 0 radical (unpaired) electrons. The molecule has 1 amide bonds. The van der Waals surface area contributed by atoms with E-state index in [1.807, 2.05) is 31.3 Å². The van der Waals surface area contributed by atoms with Crippen molar-refractivity contribution in [1.29, 1.82) is 0 Å².